The van der Waals surface area contributed by atoms with Crippen molar-refractivity contribution in [3.05, 3.63) is 54.6 Å². The van der Waals surface area contributed by atoms with Crippen LogP contribution in [0.25, 0.3) is 0 Å². The Morgan fingerprint density at radius 2 is 1.36 bits per heavy atom. The Balaban J connectivity index is 1.19. The molecule has 180 valence electrons. The van der Waals surface area contributed by atoms with Crippen molar-refractivity contribution in [2.24, 2.45) is 5.92 Å². The van der Waals surface area contributed by atoms with E-state index >= 15 is 0 Å². The van der Waals surface area contributed by atoms with Crippen molar-refractivity contribution in [2.75, 3.05) is 47.8 Å². The maximum absolute atomic E-state index is 12.1. The Hall–Kier alpha value is -2.25. The Bertz CT molecular complexity index is 963. The minimum Gasteiger partial charge on any atom is -0.385 e. The first-order chi connectivity index (χ1) is 15.9. The van der Waals surface area contributed by atoms with Crippen LogP contribution in [0.15, 0.2) is 54.6 Å². The summed E-state index contributed by atoms with van der Waals surface area (Å²) >= 11 is 0. The molecule has 1 saturated heterocycles. The molecule has 1 aliphatic carbocycles. The van der Waals surface area contributed by atoms with Crippen molar-refractivity contribution in [3.63, 3.8) is 0 Å². The smallest absolute Gasteiger partial charge is 0.214 e. The molecule has 0 spiro atoms. The van der Waals surface area contributed by atoms with Crippen molar-refractivity contribution in [2.45, 2.75) is 50.8 Å². The molecule has 0 radical (unpaired) electrons. The zero-order valence-electron chi connectivity index (χ0n) is 19.9. The largest absolute Gasteiger partial charge is 0.385 e. The number of piperazine rings is 1. The minimum atomic E-state index is -3.17. The van der Waals surface area contributed by atoms with E-state index in [1.165, 1.54) is 11.4 Å². The maximum atomic E-state index is 12.1. The second kappa shape index (κ2) is 10.8. The summed E-state index contributed by atoms with van der Waals surface area (Å²) in [7, 11) is -3.17. The second-order valence-electron chi connectivity index (χ2n) is 9.67. The van der Waals surface area contributed by atoms with Gasteiger partial charge in [-0.25, -0.2) is 13.1 Å². The van der Waals surface area contributed by atoms with Crippen LogP contribution in [0.5, 0.6) is 0 Å². The normalized spacial score (nSPS) is 21.9. The molecule has 1 aliphatic heterocycles. The summed E-state index contributed by atoms with van der Waals surface area (Å²) in [5, 5.41) is 3.22. The van der Waals surface area contributed by atoms with Crippen molar-refractivity contribution < 1.29 is 8.42 Å². The third-order valence-electron chi connectivity index (χ3n) is 7.03. The van der Waals surface area contributed by atoms with E-state index in [2.05, 4.69) is 74.4 Å². The number of anilines is 3. The van der Waals surface area contributed by atoms with Crippen LogP contribution in [0.3, 0.4) is 0 Å². The zero-order valence-corrected chi connectivity index (χ0v) is 20.7. The highest BCUT2D eigenvalue weighted by Gasteiger charge is 2.26. The van der Waals surface area contributed by atoms with Gasteiger partial charge >= 0.3 is 0 Å². The summed E-state index contributed by atoms with van der Waals surface area (Å²) in [6.45, 7) is 8.55. The molecule has 0 aromatic heterocycles. The molecule has 0 unspecified atom stereocenters. The molecule has 0 amide bonds. The van der Waals surface area contributed by atoms with E-state index < -0.39 is 10.0 Å². The lowest BCUT2D eigenvalue weighted by Gasteiger charge is -2.37. The summed E-state index contributed by atoms with van der Waals surface area (Å²) in [5.41, 5.74) is 3.75. The first-order valence-corrected chi connectivity index (χ1v) is 13.9. The third kappa shape index (κ3) is 6.42. The lowest BCUT2D eigenvalue weighted by atomic mass is 9.86. The summed E-state index contributed by atoms with van der Waals surface area (Å²) in [6, 6.07) is 19.5. The van der Waals surface area contributed by atoms with Gasteiger partial charge in [0.15, 0.2) is 0 Å². The van der Waals surface area contributed by atoms with Crippen LogP contribution in [0.1, 0.15) is 39.5 Å². The molecule has 1 heterocycles. The number of nitrogens with one attached hydrogen (secondary N) is 2. The Labute approximate surface area is 199 Å². The molecular weight excluding hydrogens is 432 g/mol. The molecular formula is C26H38N4O2S. The van der Waals surface area contributed by atoms with Gasteiger partial charge in [-0.05, 0) is 81.8 Å². The molecule has 4 rings (SSSR count). The van der Waals surface area contributed by atoms with E-state index in [9.17, 15) is 8.42 Å². The Morgan fingerprint density at radius 3 is 1.91 bits per heavy atom. The lowest BCUT2D eigenvalue weighted by Crippen LogP contribution is -2.46. The number of nitrogens with zero attached hydrogens (tertiary/aromatic N) is 2. The topological polar surface area (TPSA) is 64.7 Å². The van der Waals surface area contributed by atoms with Gasteiger partial charge in [0.25, 0.3) is 0 Å². The number of hydrogen-bond acceptors (Lipinski definition) is 5. The van der Waals surface area contributed by atoms with E-state index in [4.69, 9.17) is 0 Å². The van der Waals surface area contributed by atoms with Crippen LogP contribution in [0, 0.1) is 5.92 Å². The van der Waals surface area contributed by atoms with Gasteiger partial charge < -0.3 is 15.1 Å². The quantitative estimate of drug-likeness (QED) is 0.602. The summed E-state index contributed by atoms with van der Waals surface area (Å²) in [5.74, 6) is 0.593. The fourth-order valence-electron chi connectivity index (χ4n) is 4.77. The first kappa shape index (κ1) is 23.9. The van der Waals surface area contributed by atoms with Gasteiger partial charge in [0.2, 0.25) is 10.0 Å². The van der Waals surface area contributed by atoms with Crippen molar-refractivity contribution in [1.82, 2.24) is 4.72 Å². The number of benzene rings is 2. The van der Waals surface area contributed by atoms with Crippen molar-refractivity contribution in [3.8, 4) is 0 Å². The fraction of sp³-hybridized carbons (Fsp3) is 0.538. The molecule has 2 fully saturated rings. The number of sulfonamides is 1. The van der Waals surface area contributed by atoms with Gasteiger partial charge in [-0.2, -0.15) is 0 Å². The molecule has 7 heteroatoms. The van der Waals surface area contributed by atoms with E-state index in [-0.39, 0.29) is 11.3 Å². The van der Waals surface area contributed by atoms with Gasteiger partial charge in [-0.15, -0.1) is 0 Å². The van der Waals surface area contributed by atoms with E-state index in [1.54, 1.807) is 13.8 Å². The molecule has 6 nitrogen and oxygen atoms in total. The van der Waals surface area contributed by atoms with Crippen LogP contribution >= 0.6 is 0 Å². The highest BCUT2D eigenvalue weighted by Crippen LogP contribution is 2.26. The molecule has 2 N–H and O–H groups in total. The molecule has 0 bridgehead atoms. The van der Waals surface area contributed by atoms with Crippen LogP contribution < -0.4 is 19.8 Å². The van der Waals surface area contributed by atoms with Crippen LogP contribution in [0.4, 0.5) is 17.1 Å². The average molecular weight is 471 g/mol. The maximum Gasteiger partial charge on any atom is 0.214 e. The van der Waals surface area contributed by atoms with E-state index in [1.807, 2.05) is 0 Å². The van der Waals surface area contributed by atoms with Gasteiger partial charge in [-0.3, -0.25) is 0 Å². The number of para-hydroxylation sites is 1. The predicted molar refractivity (Wildman–Crippen MR) is 139 cm³/mol. The second-order valence-corrected chi connectivity index (χ2v) is 11.9. The standard InChI is InChI=1S/C26H38N4O2S/c1-21(2)33(31,32)28-24-10-8-22(9-11-24)20-27-23-12-14-26(15-13-23)30-18-16-29(17-19-30)25-6-4-3-5-7-25/h3-7,12-15,21-22,24,27-28H,8-11,16-20H2,1-2H3. The summed E-state index contributed by atoms with van der Waals surface area (Å²) in [6.07, 6.45) is 3.96. The van der Waals surface area contributed by atoms with Gasteiger partial charge in [0.1, 0.15) is 0 Å². The predicted octanol–water partition coefficient (Wildman–Crippen LogP) is 4.31. The molecule has 2 aromatic carbocycles. The van der Waals surface area contributed by atoms with E-state index in [0.29, 0.717) is 5.92 Å². The molecule has 2 aromatic rings. The summed E-state index contributed by atoms with van der Waals surface area (Å²) in [4.78, 5) is 4.91. The first-order valence-electron chi connectivity index (χ1n) is 12.3. The van der Waals surface area contributed by atoms with Gasteiger partial charge in [0.05, 0.1) is 5.25 Å². The highest BCUT2D eigenvalue weighted by molar-refractivity contribution is 7.90. The van der Waals surface area contributed by atoms with Crippen molar-refractivity contribution in [1.29, 1.82) is 0 Å². The molecule has 2 aliphatic rings. The van der Waals surface area contributed by atoms with E-state index in [0.717, 1.165) is 64.1 Å². The summed E-state index contributed by atoms with van der Waals surface area (Å²) < 4.78 is 27.1. The number of rotatable bonds is 8. The Kier molecular flexibility index (Phi) is 7.81. The average Bonchev–Trinajstić information content (AvgIpc) is 2.84. The fourth-order valence-corrected chi connectivity index (χ4v) is 5.74. The van der Waals surface area contributed by atoms with Gasteiger partial charge in [-0.1, -0.05) is 18.2 Å². The molecule has 33 heavy (non-hydrogen) atoms. The molecule has 1 saturated carbocycles. The number of hydrogen-bond donors (Lipinski definition) is 2. The third-order valence-corrected chi connectivity index (χ3v) is 8.93. The Morgan fingerprint density at radius 1 is 0.818 bits per heavy atom. The zero-order chi connectivity index (χ0) is 23.3. The molecule has 0 atom stereocenters. The lowest BCUT2D eigenvalue weighted by molar-refractivity contribution is 0.323. The van der Waals surface area contributed by atoms with Crippen molar-refractivity contribution >= 4 is 27.1 Å². The van der Waals surface area contributed by atoms with Gasteiger partial charge in [0, 0.05) is 55.8 Å². The van der Waals surface area contributed by atoms with Crippen LogP contribution in [0.2, 0.25) is 0 Å². The van der Waals surface area contributed by atoms with Crippen LogP contribution in [-0.2, 0) is 10.0 Å². The monoisotopic (exact) mass is 470 g/mol. The highest BCUT2D eigenvalue weighted by atomic mass is 32.2. The van der Waals surface area contributed by atoms with Crippen LogP contribution in [-0.4, -0.2) is 52.4 Å². The SMILES string of the molecule is CC(C)S(=O)(=O)NC1CCC(CNc2ccc(N3CCN(c4ccccc4)CC3)cc2)CC1. The minimum absolute atomic E-state index is 0.0929.